The van der Waals surface area contributed by atoms with Crippen LogP contribution in [0.25, 0.3) is 27.1 Å². The highest BCUT2D eigenvalue weighted by atomic mass is 19.4. The highest BCUT2D eigenvalue weighted by Gasteiger charge is 2.35. The molecule has 1 aliphatic rings. The minimum absolute atomic E-state index is 0.0472. The van der Waals surface area contributed by atoms with Crippen LogP contribution in [0.5, 0.6) is 5.75 Å². The molecule has 1 saturated heterocycles. The average molecular weight is 514 g/mol. The van der Waals surface area contributed by atoms with E-state index in [1.807, 2.05) is 20.8 Å². The van der Waals surface area contributed by atoms with Gasteiger partial charge in [0.05, 0.1) is 23.6 Å². The van der Waals surface area contributed by atoms with Crippen molar-refractivity contribution in [1.82, 2.24) is 24.6 Å². The van der Waals surface area contributed by atoms with E-state index in [9.17, 15) is 23.1 Å². The van der Waals surface area contributed by atoms with Gasteiger partial charge < -0.3 is 15.7 Å². The summed E-state index contributed by atoms with van der Waals surface area (Å²) in [4.78, 5) is 26.5. The second kappa shape index (κ2) is 9.38. The lowest BCUT2D eigenvalue weighted by atomic mass is 9.95. The smallest absolute Gasteiger partial charge is 0.419 e. The molecule has 37 heavy (non-hydrogen) atoms. The van der Waals surface area contributed by atoms with Gasteiger partial charge in [-0.05, 0) is 30.4 Å². The van der Waals surface area contributed by atoms with Crippen molar-refractivity contribution in [3.05, 3.63) is 53.3 Å². The van der Waals surface area contributed by atoms with Gasteiger partial charge in [0, 0.05) is 18.7 Å². The molecule has 2 aromatic heterocycles. The lowest BCUT2D eigenvalue weighted by Crippen LogP contribution is -2.41. The number of hydrogen-bond donors (Lipinski definition) is 2. The molecule has 194 valence electrons. The number of amides is 1. The summed E-state index contributed by atoms with van der Waals surface area (Å²) in [7, 11) is 0. The molecule has 0 bridgehead atoms. The van der Waals surface area contributed by atoms with Gasteiger partial charge in [0.1, 0.15) is 23.6 Å². The molecule has 1 aromatic carbocycles. The molecule has 9 nitrogen and oxygen atoms in total. The molecule has 3 N–H and O–H groups in total. The fourth-order valence-electron chi connectivity index (χ4n) is 4.42. The van der Waals surface area contributed by atoms with Crippen molar-refractivity contribution in [3.63, 3.8) is 0 Å². The zero-order chi connectivity index (χ0) is 27.1. The summed E-state index contributed by atoms with van der Waals surface area (Å²) >= 11 is 0. The Hall–Kier alpha value is -4.14. The van der Waals surface area contributed by atoms with E-state index in [0.29, 0.717) is 30.4 Å². The van der Waals surface area contributed by atoms with Gasteiger partial charge in [-0.15, -0.1) is 0 Å². The summed E-state index contributed by atoms with van der Waals surface area (Å²) in [6, 6.07) is 2.64. The zero-order valence-corrected chi connectivity index (χ0v) is 20.5. The van der Waals surface area contributed by atoms with Crippen LogP contribution < -0.4 is 5.73 Å². The Morgan fingerprint density at radius 2 is 2.00 bits per heavy atom. The maximum Gasteiger partial charge on any atom is 0.419 e. The standard InChI is InChI=1S/C25H26F3N7O2/c1-24(2,3)11-17(30-4)23(37)34-9-5-6-15(12-34)35-22-19(21(29)31-13-32-22)20(33-35)14-7-8-16(18(36)10-14)25(26,27)28/h7-8,10-11,13,15,36H,5-6,9,12H2,1-3H3,(H2,29,31,32)/b17-11-/t15-/m1/s1. The molecule has 0 aliphatic carbocycles. The van der Waals surface area contributed by atoms with Gasteiger partial charge in [0.15, 0.2) is 5.65 Å². The second-order valence-electron chi connectivity index (χ2n) is 10.0. The molecule has 4 rings (SSSR count). The number of nitrogens with zero attached hydrogens (tertiary/aromatic N) is 6. The van der Waals surface area contributed by atoms with E-state index in [0.717, 1.165) is 12.1 Å². The molecule has 1 atom stereocenters. The van der Waals surface area contributed by atoms with E-state index in [2.05, 4.69) is 19.9 Å². The number of nitrogens with two attached hydrogens (primary N) is 1. The van der Waals surface area contributed by atoms with E-state index < -0.39 is 17.5 Å². The molecule has 0 saturated carbocycles. The van der Waals surface area contributed by atoms with Crippen LogP contribution >= 0.6 is 0 Å². The predicted molar refractivity (Wildman–Crippen MR) is 131 cm³/mol. The Morgan fingerprint density at radius 3 is 2.62 bits per heavy atom. The first-order chi connectivity index (χ1) is 17.3. The number of hydrogen-bond acceptors (Lipinski definition) is 6. The van der Waals surface area contributed by atoms with Crippen molar-refractivity contribution in [2.75, 3.05) is 18.8 Å². The van der Waals surface area contributed by atoms with Gasteiger partial charge in [0.25, 0.3) is 5.91 Å². The number of anilines is 1. The lowest BCUT2D eigenvalue weighted by molar-refractivity contribution is -0.138. The Kier molecular flexibility index (Phi) is 6.58. The van der Waals surface area contributed by atoms with Crippen molar-refractivity contribution in [3.8, 4) is 17.0 Å². The molecule has 0 radical (unpaired) electrons. The summed E-state index contributed by atoms with van der Waals surface area (Å²) in [5, 5.41) is 15.0. The van der Waals surface area contributed by atoms with Crippen LogP contribution in [0.3, 0.4) is 0 Å². The fraction of sp³-hybridized carbons (Fsp3) is 0.400. The number of phenolic OH excluding ortho intramolecular Hbond substituents is 1. The number of allylic oxidation sites excluding steroid dienone is 1. The monoisotopic (exact) mass is 513 g/mol. The largest absolute Gasteiger partial charge is 0.507 e. The molecular formula is C25H26F3N7O2. The van der Waals surface area contributed by atoms with Crippen molar-refractivity contribution in [2.45, 2.75) is 45.8 Å². The number of likely N-dealkylation sites (tertiary alicyclic amines) is 1. The van der Waals surface area contributed by atoms with E-state index in [1.165, 1.54) is 12.4 Å². The molecule has 12 heteroatoms. The number of nitrogen functional groups attached to an aromatic ring is 1. The summed E-state index contributed by atoms with van der Waals surface area (Å²) in [5.41, 5.74) is 5.44. The van der Waals surface area contributed by atoms with Gasteiger partial charge in [-0.25, -0.2) is 19.5 Å². The first-order valence-electron chi connectivity index (χ1n) is 11.6. The average Bonchev–Trinajstić information content (AvgIpc) is 3.22. The van der Waals surface area contributed by atoms with Crippen molar-refractivity contribution in [2.24, 2.45) is 5.41 Å². The number of carbonyl (C=O) groups excluding carboxylic acids is 1. The summed E-state index contributed by atoms with van der Waals surface area (Å²) in [5.74, 6) is -1.22. The number of halogens is 3. The van der Waals surface area contributed by atoms with Gasteiger partial charge in [-0.3, -0.25) is 4.79 Å². The SMILES string of the molecule is [C-]#[N+]/C(=C\C(C)(C)C)C(=O)N1CCC[C@@H](n2nc(-c3ccc(C(F)(F)F)c(O)c3)c3c(N)ncnc32)C1. The minimum atomic E-state index is -4.71. The highest BCUT2D eigenvalue weighted by molar-refractivity contribution is 5.98. The van der Waals surface area contributed by atoms with Crippen LogP contribution in [0.1, 0.15) is 45.2 Å². The predicted octanol–water partition coefficient (Wildman–Crippen LogP) is 4.81. The fourth-order valence-corrected chi connectivity index (χ4v) is 4.42. The number of rotatable bonds is 3. The first kappa shape index (κ1) is 25.9. The molecule has 3 aromatic rings. The van der Waals surface area contributed by atoms with E-state index in [-0.39, 0.29) is 46.7 Å². The minimum Gasteiger partial charge on any atom is -0.507 e. The molecule has 1 aliphatic heterocycles. The van der Waals surface area contributed by atoms with Crippen LogP contribution in [0, 0.1) is 12.0 Å². The topological polar surface area (TPSA) is 115 Å². The van der Waals surface area contributed by atoms with Crippen molar-refractivity contribution in [1.29, 1.82) is 0 Å². The normalized spacial score (nSPS) is 17.2. The maximum atomic E-state index is 13.1. The highest BCUT2D eigenvalue weighted by Crippen LogP contribution is 2.40. The zero-order valence-electron chi connectivity index (χ0n) is 20.5. The third-order valence-corrected chi connectivity index (χ3v) is 6.03. The maximum absolute atomic E-state index is 13.1. The van der Waals surface area contributed by atoms with Crippen LogP contribution in [0.2, 0.25) is 0 Å². The van der Waals surface area contributed by atoms with Crippen LogP contribution in [-0.4, -0.2) is 48.8 Å². The van der Waals surface area contributed by atoms with Gasteiger partial charge in [0.2, 0.25) is 5.70 Å². The molecule has 0 unspecified atom stereocenters. The molecule has 1 fully saturated rings. The van der Waals surface area contributed by atoms with Gasteiger partial charge in [-0.1, -0.05) is 32.9 Å². The Labute approximate surface area is 211 Å². The van der Waals surface area contributed by atoms with Crippen LogP contribution in [0.15, 0.2) is 36.3 Å². The number of fused-ring (bicyclic) bond motifs is 1. The molecule has 3 heterocycles. The lowest BCUT2D eigenvalue weighted by Gasteiger charge is -2.33. The quantitative estimate of drug-likeness (QED) is 0.384. The molecule has 0 spiro atoms. The van der Waals surface area contributed by atoms with E-state index in [4.69, 9.17) is 12.3 Å². The molecular weight excluding hydrogens is 487 g/mol. The number of aromatic hydroxyl groups is 1. The molecule has 1 amide bonds. The summed E-state index contributed by atoms with van der Waals surface area (Å²) in [6.07, 6.45) is -0.499. The van der Waals surface area contributed by atoms with Crippen LogP contribution in [0.4, 0.5) is 19.0 Å². The number of piperidine rings is 1. The second-order valence-corrected chi connectivity index (χ2v) is 10.0. The Bertz CT molecular complexity index is 1430. The van der Waals surface area contributed by atoms with E-state index in [1.54, 1.807) is 15.7 Å². The third-order valence-electron chi connectivity index (χ3n) is 6.03. The van der Waals surface area contributed by atoms with Crippen molar-refractivity contribution >= 4 is 22.8 Å². The summed E-state index contributed by atoms with van der Waals surface area (Å²) < 4.78 is 41.0. The number of carbonyl (C=O) groups is 1. The third kappa shape index (κ3) is 5.21. The van der Waals surface area contributed by atoms with Gasteiger partial charge >= 0.3 is 6.18 Å². The number of benzene rings is 1. The van der Waals surface area contributed by atoms with E-state index >= 15 is 0 Å². The number of alkyl halides is 3. The van der Waals surface area contributed by atoms with Gasteiger partial charge in [-0.2, -0.15) is 18.3 Å². The Balaban J connectivity index is 1.74. The number of phenols is 1. The van der Waals surface area contributed by atoms with Crippen molar-refractivity contribution < 1.29 is 23.1 Å². The Morgan fingerprint density at radius 1 is 1.27 bits per heavy atom. The number of aromatic nitrogens is 4. The summed E-state index contributed by atoms with van der Waals surface area (Å²) in [6.45, 7) is 13.9. The van der Waals surface area contributed by atoms with Crippen LogP contribution in [-0.2, 0) is 11.0 Å². The first-order valence-corrected chi connectivity index (χ1v) is 11.6.